The van der Waals surface area contributed by atoms with Crippen LogP contribution < -0.4 is 10.6 Å². The van der Waals surface area contributed by atoms with Gasteiger partial charge in [0.25, 0.3) is 0 Å². The molecule has 0 radical (unpaired) electrons. The van der Waals surface area contributed by atoms with Crippen molar-refractivity contribution in [2.24, 2.45) is 10.9 Å². The molecule has 1 aliphatic rings. The van der Waals surface area contributed by atoms with Crippen molar-refractivity contribution in [3.05, 3.63) is 16.1 Å². The molecule has 1 aromatic rings. The number of nitrogens with zero attached hydrogens (tertiary/aromatic N) is 3. The van der Waals surface area contributed by atoms with Crippen molar-refractivity contribution in [2.45, 2.75) is 38.8 Å². The molecule has 1 fully saturated rings. The monoisotopic (exact) mass is 533 g/mol. The molecule has 28 heavy (non-hydrogen) atoms. The molecular formula is C17H27F3IN5OS. The zero-order valence-electron chi connectivity index (χ0n) is 16.0. The number of carbonyl (C=O) groups excluding carboxylic acids is 1. The van der Waals surface area contributed by atoms with E-state index in [4.69, 9.17) is 0 Å². The summed E-state index contributed by atoms with van der Waals surface area (Å²) in [5.74, 6) is 1.21. The van der Waals surface area contributed by atoms with Crippen LogP contribution in [0.2, 0.25) is 0 Å². The van der Waals surface area contributed by atoms with Gasteiger partial charge in [-0.15, -0.1) is 35.3 Å². The van der Waals surface area contributed by atoms with Gasteiger partial charge in [-0.2, -0.15) is 13.2 Å². The number of nitrogens with one attached hydrogen (secondary N) is 2. The van der Waals surface area contributed by atoms with Gasteiger partial charge < -0.3 is 15.5 Å². The Kier molecular flexibility index (Phi) is 10.5. The molecule has 0 aromatic carbocycles. The number of aromatic nitrogens is 1. The smallest absolute Gasteiger partial charge is 0.359 e. The summed E-state index contributed by atoms with van der Waals surface area (Å²) in [5.41, 5.74) is -0.837. The molecular weight excluding hydrogens is 506 g/mol. The number of alkyl halides is 3. The third-order valence-corrected chi connectivity index (χ3v) is 5.34. The zero-order valence-corrected chi connectivity index (χ0v) is 19.2. The van der Waals surface area contributed by atoms with Gasteiger partial charge in [-0.25, -0.2) is 4.98 Å². The molecule has 1 aromatic heterocycles. The number of likely N-dealkylation sites (tertiary alicyclic amines) is 1. The fourth-order valence-electron chi connectivity index (χ4n) is 2.95. The molecule has 1 aliphatic heterocycles. The van der Waals surface area contributed by atoms with Crippen LogP contribution in [0.3, 0.4) is 0 Å². The maximum absolute atomic E-state index is 12.6. The molecule has 1 amide bonds. The first-order chi connectivity index (χ1) is 12.8. The van der Waals surface area contributed by atoms with Gasteiger partial charge in [0, 0.05) is 51.4 Å². The quantitative estimate of drug-likeness (QED) is 0.335. The molecule has 160 valence electrons. The summed E-state index contributed by atoms with van der Waals surface area (Å²) in [6, 6.07) is 0. The number of hydrogen-bond donors (Lipinski definition) is 2. The number of halogens is 4. The van der Waals surface area contributed by atoms with Crippen LogP contribution in [0.1, 0.15) is 36.9 Å². The van der Waals surface area contributed by atoms with Gasteiger partial charge >= 0.3 is 6.18 Å². The summed E-state index contributed by atoms with van der Waals surface area (Å²) in [7, 11) is 1.65. The fourth-order valence-corrected chi connectivity index (χ4v) is 3.75. The van der Waals surface area contributed by atoms with Crippen molar-refractivity contribution in [1.82, 2.24) is 20.5 Å². The van der Waals surface area contributed by atoms with Gasteiger partial charge in [-0.1, -0.05) is 0 Å². The summed E-state index contributed by atoms with van der Waals surface area (Å²) in [5, 5.41) is 7.37. The normalized spacial score (nSPS) is 15.9. The summed E-state index contributed by atoms with van der Waals surface area (Å²) in [6.07, 6.45) is -1.64. The molecule has 0 spiro atoms. The number of aliphatic imine (C=N–C) groups is 1. The minimum atomic E-state index is -4.40. The number of piperidine rings is 1. The van der Waals surface area contributed by atoms with E-state index in [1.54, 1.807) is 7.05 Å². The second-order valence-corrected chi connectivity index (χ2v) is 7.36. The molecule has 6 nitrogen and oxygen atoms in total. The minimum absolute atomic E-state index is 0. The number of hydrogen-bond acceptors (Lipinski definition) is 4. The highest BCUT2D eigenvalue weighted by Crippen LogP contribution is 2.30. The number of thiazole rings is 1. The van der Waals surface area contributed by atoms with Gasteiger partial charge in [0.2, 0.25) is 5.91 Å². The first-order valence-corrected chi connectivity index (χ1v) is 9.96. The van der Waals surface area contributed by atoms with Crippen molar-refractivity contribution in [3.63, 3.8) is 0 Å². The lowest BCUT2D eigenvalue weighted by Crippen LogP contribution is -2.46. The van der Waals surface area contributed by atoms with Crippen LogP contribution in [0.5, 0.6) is 0 Å². The molecule has 2 N–H and O–H groups in total. The molecule has 11 heteroatoms. The molecule has 2 heterocycles. The minimum Gasteiger partial charge on any atom is -0.359 e. The number of guanidine groups is 1. The maximum Gasteiger partial charge on any atom is 0.434 e. The third kappa shape index (κ3) is 7.72. The number of rotatable bonds is 6. The Labute approximate surface area is 184 Å². The number of amides is 1. The summed E-state index contributed by atoms with van der Waals surface area (Å²) in [4.78, 5) is 21.8. The van der Waals surface area contributed by atoms with Gasteiger partial charge in [-0.05, 0) is 25.7 Å². The molecule has 2 rings (SSSR count). The Balaban J connectivity index is 0.00000392. The van der Waals surface area contributed by atoms with E-state index in [-0.39, 0.29) is 29.9 Å². The van der Waals surface area contributed by atoms with E-state index in [1.165, 1.54) is 0 Å². The van der Waals surface area contributed by atoms with E-state index in [0.29, 0.717) is 36.9 Å². The van der Waals surface area contributed by atoms with Gasteiger partial charge in [-0.3, -0.25) is 9.79 Å². The summed E-state index contributed by atoms with van der Waals surface area (Å²) in [6.45, 7) is 4.69. The lowest BCUT2D eigenvalue weighted by Gasteiger charge is -2.34. The topological polar surface area (TPSA) is 69.6 Å². The van der Waals surface area contributed by atoms with E-state index in [2.05, 4.69) is 25.5 Å². The van der Waals surface area contributed by atoms with Crippen molar-refractivity contribution in [1.29, 1.82) is 0 Å². The van der Waals surface area contributed by atoms with E-state index >= 15 is 0 Å². The van der Waals surface area contributed by atoms with Gasteiger partial charge in [0.15, 0.2) is 11.7 Å². The highest BCUT2D eigenvalue weighted by atomic mass is 127. The second kappa shape index (κ2) is 11.8. The van der Waals surface area contributed by atoms with Crippen LogP contribution in [-0.4, -0.2) is 55.0 Å². The van der Waals surface area contributed by atoms with Crippen molar-refractivity contribution >= 4 is 47.2 Å². The van der Waals surface area contributed by atoms with Gasteiger partial charge in [0.05, 0.1) is 5.01 Å². The Morgan fingerprint density at radius 1 is 1.39 bits per heavy atom. The van der Waals surface area contributed by atoms with Crippen LogP contribution in [0.4, 0.5) is 13.2 Å². The molecule has 0 saturated carbocycles. The van der Waals surface area contributed by atoms with Crippen LogP contribution in [0.15, 0.2) is 10.4 Å². The molecule has 1 saturated heterocycles. The first-order valence-electron chi connectivity index (χ1n) is 9.09. The lowest BCUT2D eigenvalue weighted by atomic mass is 9.93. The largest absolute Gasteiger partial charge is 0.434 e. The fraction of sp³-hybridized carbons (Fsp3) is 0.706. The third-order valence-electron chi connectivity index (χ3n) is 4.43. The predicted molar refractivity (Wildman–Crippen MR) is 115 cm³/mol. The first kappa shape index (κ1) is 24.9. The zero-order chi connectivity index (χ0) is 19.9. The van der Waals surface area contributed by atoms with E-state index in [0.717, 1.165) is 48.6 Å². The Bertz CT molecular complexity index is 645. The van der Waals surface area contributed by atoms with Crippen LogP contribution in [0.25, 0.3) is 0 Å². The van der Waals surface area contributed by atoms with Crippen LogP contribution >= 0.6 is 35.3 Å². The molecule has 0 unspecified atom stereocenters. The van der Waals surface area contributed by atoms with E-state index in [1.807, 2.05) is 6.92 Å². The van der Waals surface area contributed by atoms with Crippen molar-refractivity contribution in [3.8, 4) is 0 Å². The second-order valence-electron chi connectivity index (χ2n) is 6.42. The maximum atomic E-state index is 12.6. The van der Waals surface area contributed by atoms with Crippen molar-refractivity contribution < 1.29 is 18.0 Å². The van der Waals surface area contributed by atoms with E-state index in [9.17, 15) is 18.0 Å². The van der Waals surface area contributed by atoms with Crippen molar-refractivity contribution in [2.75, 3.05) is 33.2 Å². The predicted octanol–water partition coefficient (Wildman–Crippen LogP) is 3.14. The van der Waals surface area contributed by atoms with Gasteiger partial charge in [0.1, 0.15) is 0 Å². The van der Waals surface area contributed by atoms with Crippen LogP contribution in [0, 0.1) is 5.92 Å². The molecule has 0 atom stereocenters. The lowest BCUT2D eigenvalue weighted by molar-refractivity contribution is -0.140. The standard InChI is InChI=1S/C17H26F3N5OS.HI/c1-3-22-16(25-8-5-12(6-9-25)10-14(26)21-2)23-7-4-15-24-13(11-27-15)17(18,19)20;/h11-12H,3-10H2,1-2H3,(H,21,26)(H,22,23);1H. The Morgan fingerprint density at radius 3 is 2.61 bits per heavy atom. The highest BCUT2D eigenvalue weighted by molar-refractivity contribution is 14.0. The van der Waals surface area contributed by atoms with Crippen LogP contribution in [-0.2, 0) is 17.4 Å². The Hall–Kier alpha value is -1.11. The SMILES string of the molecule is CCNC(=NCCc1nc(C(F)(F)F)cs1)N1CCC(CC(=O)NC)CC1.I. The molecule has 0 bridgehead atoms. The summed E-state index contributed by atoms with van der Waals surface area (Å²) >= 11 is 1.01. The average Bonchev–Trinajstić information content (AvgIpc) is 3.11. The average molecular weight is 533 g/mol. The Morgan fingerprint density at radius 2 is 2.07 bits per heavy atom. The van der Waals surface area contributed by atoms with E-state index < -0.39 is 11.9 Å². The highest BCUT2D eigenvalue weighted by Gasteiger charge is 2.33. The number of carbonyl (C=O) groups is 1. The summed E-state index contributed by atoms with van der Waals surface area (Å²) < 4.78 is 37.8. The molecule has 0 aliphatic carbocycles.